The number of benzene rings is 2. The fraction of sp³-hybridized carbons (Fsp3) is 0.176. The number of carbonyl (C=O) groups excluding carboxylic acids is 1. The summed E-state index contributed by atoms with van der Waals surface area (Å²) >= 11 is 0. The zero-order valence-electron chi connectivity index (χ0n) is 12.4. The molecular weight excluding hydrogens is 280 g/mol. The predicted octanol–water partition coefficient (Wildman–Crippen LogP) is 3.33. The molecule has 1 amide bonds. The first-order valence-corrected chi connectivity index (χ1v) is 6.94. The minimum atomic E-state index is -0.148. The van der Waals surface area contributed by atoms with Crippen molar-refractivity contribution < 1.29 is 14.1 Å². The second-order valence-electron chi connectivity index (χ2n) is 5.09. The van der Waals surface area contributed by atoms with Gasteiger partial charge >= 0.3 is 0 Å². The summed E-state index contributed by atoms with van der Waals surface area (Å²) in [7, 11) is 1.59. The van der Waals surface area contributed by atoms with E-state index in [1.807, 2.05) is 43.3 Å². The summed E-state index contributed by atoms with van der Waals surface area (Å²) in [4.78, 5) is 12.2. The number of rotatable bonds is 4. The quantitative estimate of drug-likeness (QED) is 0.802. The molecule has 112 valence electrons. The van der Waals surface area contributed by atoms with Gasteiger partial charge in [0.05, 0.1) is 13.5 Å². The van der Waals surface area contributed by atoms with Crippen LogP contribution in [0.1, 0.15) is 11.3 Å². The summed E-state index contributed by atoms with van der Waals surface area (Å²) in [6.45, 7) is 1.99. The minimum absolute atomic E-state index is 0.148. The van der Waals surface area contributed by atoms with Crippen LogP contribution < -0.4 is 10.1 Å². The number of methoxy groups -OCH3 is 1. The van der Waals surface area contributed by atoms with Crippen molar-refractivity contribution >= 4 is 22.6 Å². The molecule has 0 spiro atoms. The topological polar surface area (TPSA) is 64.4 Å². The molecule has 1 aromatic heterocycles. The van der Waals surface area contributed by atoms with Crippen molar-refractivity contribution in [2.24, 2.45) is 0 Å². The summed E-state index contributed by atoms with van der Waals surface area (Å²) in [5, 5.41) is 7.70. The van der Waals surface area contributed by atoms with Crippen molar-refractivity contribution in [3.63, 3.8) is 0 Å². The van der Waals surface area contributed by atoms with Crippen LogP contribution in [0.3, 0.4) is 0 Å². The van der Waals surface area contributed by atoms with Crippen molar-refractivity contribution in [1.29, 1.82) is 0 Å². The summed E-state index contributed by atoms with van der Waals surface area (Å²) in [5.41, 5.74) is 3.12. The van der Waals surface area contributed by atoms with Gasteiger partial charge in [-0.25, -0.2) is 0 Å². The summed E-state index contributed by atoms with van der Waals surface area (Å²) in [5.74, 6) is 0.547. The molecule has 0 bridgehead atoms. The van der Waals surface area contributed by atoms with Crippen LogP contribution in [0.2, 0.25) is 0 Å². The highest BCUT2D eigenvalue weighted by molar-refractivity contribution is 5.94. The van der Waals surface area contributed by atoms with Crippen LogP contribution >= 0.6 is 0 Å². The monoisotopic (exact) mass is 296 g/mol. The predicted molar refractivity (Wildman–Crippen MR) is 84.1 cm³/mol. The van der Waals surface area contributed by atoms with E-state index in [0.29, 0.717) is 22.7 Å². The number of aromatic nitrogens is 1. The van der Waals surface area contributed by atoms with Crippen LogP contribution in [0.4, 0.5) is 5.69 Å². The van der Waals surface area contributed by atoms with Gasteiger partial charge in [0.2, 0.25) is 5.91 Å². The molecule has 22 heavy (non-hydrogen) atoms. The zero-order chi connectivity index (χ0) is 15.5. The molecule has 1 heterocycles. The van der Waals surface area contributed by atoms with Gasteiger partial charge in [-0.05, 0) is 31.2 Å². The van der Waals surface area contributed by atoms with E-state index in [1.165, 1.54) is 0 Å². The molecule has 0 atom stereocenters. The van der Waals surface area contributed by atoms with Crippen LogP contribution in [0.5, 0.6) is 5.75 Å². The van der Waals surface area contributed by atoms with Crippen molar-refractivity contribution in [2.45, 2.75) is 13.3 Å². The van der Waals surface area contributed by atoms with E-state index in [4.69, 9.17) is 9.26 Å². The van der Waals surface area contributed by atoms with Crippen LogP contribution in [0.15, 0.2) is 47.0 Å². The maximum atomic E-state index is 12.2. The Hall–Kier alpha value is -2.82. The van der Waals surface area contributed by atoms with Crippen LogP contribution in [0.25, 0.3) is 11.0 Å². The van der Waals surface area contributed by atoms with Gasteiger partial charge in [-0.15, -0.1) is 0 Å². The number of carbonyl (C=O) groups is 1. The smallest absolute Gasteiger partial charge is 0.230 e. The van der Waals surface area contributed by atoms with Crippen molar-refractivity contribution in [3.05, 3.63) is 53.7 Å². The van der Waals surface area contributed by atoms with Gasteiger partial charge in [0, 0.05) is 17.1 Å². The van der Waals surface area contributed by atoms with Crippen LogP contribution in [0, 0.1) is 6.92 Å². The SMILES string of the molecule is COc1cccc(NC(=O)Cc2noc3ccc(C)cc23)c1. The zero-order valence-corrected chi connectivity index (χ0v) is 12.4. The highest BCUT2D eigenvalue weighted by Gasteiger charge is 2.13. The van der Waals surface area contributed by atoms with E-state index in [2.05, 4.69) is 10.5 Å². The molecule has 0 unspecified atom stereocenters. The number of fused-ring (bicyclic) bond motifs is 1. The maximum absolute atomic E-state index is 12.2. The molecule has 2 aromatic carbocycles. The molecule has 0 saturated carbocycles. The first-order valence-electron chi connectivity index (χ1n) is 6.94. The van der Waals surface area contributed by atoms with Crippen molar-refractivity contribution in [1.82, 2.24) is 5.16 Å². The van der Waals surface area contributed by atoms with Crippen molar-refractivity contribution in [2.75, 3.05) is 12.4 Å². The van der Waals surface area contributed by atoms with Crippen LogP contribution in [-0.2, 0) is 11.2 Å². The van der Waals surface area contributed by atoms with Gasteiger partial charge in [-0.1, -0.05) is 22.9 Å². The molecule has 5 nitrogen and oxygen atoms in total. The number of amides is 1. The number of nitrogens with zero attached hydrogens (tertiary/aromatic N) is 1. The number of nitrogens with one attached hydrogen (secondary N) is 1. The normalized spacial score (nSPS) is 10.6. The molecule has 3 aromatic rings. The first-order chi connectivity index (χ1) is 10.7. The Morgan fingerprint density at radius 3 is 2.95 bits per heavy atom. The Morgan fingerprint density at radius 1 is 1.27 bits per heavy atom. The van der Waals surface area contributed by atoms with E-state index in [1.54, 1.807) is 13.2 Å². The molecular formula is C17H16N2O3. The Bertz CT molecular complexity index is 824. The summed E-state index contributed by atoms with van der Waals surface area (Å²) in [6.07, 6.45) is 0.160. The number of ether oxygens (including phenoxy) is 1. The maximum Gasteiger partial charge on any atom is 0.230 e. The molecule has 0 fully saturated rings. The fourth-order valence-electron chi connectivity index (χ4n) is 2.29. The van der Waals surface area contributed by atoms with Gasteiger partial charge < -0.3 is 14.6 Å². The fourth-order valence-corrected chi connectivity index (χ4v) is 2.29. The molecule has 0 radical (unpaired) electrons. The molecule has 3 rings (SSSR count). The van der Waals surface area contributed by atoms with Gasteiger partial charge in [0.25, 0.3) is 0 Å². The third-order valence-electron chi connectivity index (χ3n) is 3.38. The van der Waals surface area contributed by atoms with Gasteiger partial charge in [-0.3, -0.25) is 4.79 Å². The van der Waals surface area contributed by atoms with E-state index in [-0.39, 0.29) is 12.3 Å². The number of aryl methyl sites for hydroxylation is 1. The third kappa shape index (κ3) is 2.93. The van der Waals surface area contributed by atoms with Gasteiger partial charge in [0.1, 0.15) is 11.4 Å². The van der Waals surface area contributed by atoms with Gasteiger partial charge in [-0.2, -0.15) is 0 Å². The van der Waals surface area contributed by atoms with E-state index in [0.717, 1.165) is 10.9 Å². The average Bonchev–Trinajstić information content (AvgIpc) is 2.89. The Balaban J connectivity index is 1.76. The number of anilines is 1. The lowest BCUT2D eigenvalue weighted by molar-refractivity contribution is -0.115. The molecule has 0 saturated heterocycles. The second kappa shape index (κ2) is 5.89. The Labute approximate surface area is 127 Å². The summed E-state index contributed by atoms with van der Waals surface area (Å²) < 4.78 is 10.4. The second-order valence-corrected chi connectivity index (χ2v) is 5.09. The Kier molecular flexibility index (Phi) is 3.78. The van der Waals surface area contributed by atoms with E-state index >= 15 is 0 Å². The lowest BCUT2D eigenvalue weighted by atomic mass is 10.1. The molecule has 0 aliphatic heterocycles. The Morgan fingerprint density at radius 2 is 2.14 bits per heavy atom. The molecule has 0 aliphatic carbocycles. The minimum Gasteiger partial charge on any atom is -0.497 e. The first kappa shape index (κ1) is 14.1. The highest BCUT2D eigenvalue weighted by atomic mass is 16.5. The van der Waals surface area contributed by atoms with E-state index < -0.39 is 0 Å². The molecule has 5 heteroatoms. The lowest BCUT2D eigenvalue weighted by Crippen LogP contribution is -2.14. The van der Waals surface area contributed by atoms with E-state index in [9.17, 15) is 4.79 Å². The van der Waals surface area contributed by atoms with Gasteiger partial charge in [0.15, 0.2) is 5.58 Å². The average molecular weight is 296 g/mol. The molecule has 0 aliphatic rings. The van der Waals surface area contributed by atoms with Crippen molar-refractivity contribution in [3.8, 4) is 5.75 Å². The highest BCUT2D eigenvalue weighted by Crippen LogP contribution is 2.21. The number of hydrogen-bond donors (Lipinski definition) is 1. The largest absolute Gasteiger partial charge is 0.497 e. The third-order valence-corrected chi connectivity index (χ3v) is 3.38. The lowest BCUT2D eigenvalue weighted by Gasteiger charge is -2.06. The number of hydrogen-bond acceptors (Lipinski definition) is 4. The standard InChI is InChI=1S/C17H16N2O3/c1-11-6-7-16-14(8-11)15(19-22-16)10-17(20)18-12-4-3-5-13(9-12)21-2/h3-9H,10H2,1-2H3,(H,18,20). The van der Waals surface area contributed by atoms with Crippen LogP contribution in [-0.4, -0.2) is 18.2 Å². The molecule has 1 N–H and O–H groups in total. The summed E-state index contributed by atoms with van der Waals surface area (Å²) in [6, 6.07) is 13.0.